The Morgan fingerprint density at radius 3 is 2.82 bits per heavy atom. The van der Waals surface area contributed by atoms with Crippen LogP contribution in [0, 0.1) is 0 Å². The number of nitrogens with one attached hydrogen (secondary N) is 1. The number of rotatable bonds is 5. The van der Waals surface area contributed by atoms with Crippen LogP contribution in [0.5, 0.6) is 0 Å². The smallest absolute Gasteiger partial charge is 0.243 e. The first-order valence-electron chi connectivity index (χ1n) is 9.37. The number of nitrogen functional groups attached to an aromatic ring is 1. The summed E-state index contributed by atoms with van der Waals surface area (Å²) in [5.74, 6) is 0.211. The number of carbonyl (C=O) groups excluding carboxylic acids is 2. The van der Waals surface area contributed by atoms with Crippen LogP contribution in [0.15, 0.2) is 53.1 Å². The molecule has 1 aliphatic rings. The largest absolute Gasteiger partial charge is 0.380 e. The fraction of sp³-hybridized carbons (Fsp3) is 0.286. The van der Waals surface area contributed by atoms with Gasteiger partial charge in [0.05, 0.1) is 11.8 Å². The second kappa shape index (κ2) is 7.72. The van der Waals surface area contributed by atoms with Crippen molar-refractivity contribution in [3.05, 3.63) is 59.7 Å². The highest BCUT2D eigenvalue weighted by atomic mass is 16.5. The third kappa shape index (κ3) is 3.69. The first kappa shape index (κ1) is 18.0. The molecule has 0 saturated carbocycles. The molecule has 0 unspecified atom stereocenters. The topological polar surface area (TPSA) is 101 Å². The third-order valence-corrected chi connectivity index (χ3v) is 5.11. The molecule has 0 aliphatic carbocycles. The van der Waals surface area contributed by atoms with E-state index in [1.165, 1.54) is 0 Å². The van der Waals surface area contributed by atoms with Crippen LogP contribution in [0.4, 0.5) is 5.82 Å². The molecule has 3 aromatic rings. The zero-order chi connectivity index (χ0) is 19.5. The minimum absolute atomic E-state index is 0.0117. The number of benzene rings is 2. The number of hydrogen-bond acceptors (Lipinski definition) is 5. The van der Waals surface area contributed by atoms with E-state index in [9.17, 15) is 9.59 Å². The van der Waals surface area contributed by atoms with Gasteiger partial charge in [0.2, 0.25) is 11.8 Å². The number of nitrogens with zero attached hydrogens (tertiary/aromatic N) is 2. The monoisotopic (exact) mass is 378 g/mol. The molecule has 0 spiro atoms. The Balaban J connectivity index is 1.38. The summed E-state index contributed by atoms with van der Waals surface area (Å²) in [6, 6.07) is 14.7. The maximum Gasteiger partial charge on any atom is 0.243 e. The van der Waals surface area contributed by atoms with E-state index < -0.39 is 6.04 Å². The summed E-state index contributed by atoms with van der Waals surface area (Å²) < 4.78 is 5.16. The molecule has 4 rings (SSSR count). The number of anilines is 1. The zero-order valence-corrected chi connectivity index (χ0v) is 15.4. The summed E-state index contributed by atoms with van der Waals surface area (Å²) in [5.41, 5.74) is 8.15. The minimum atomic E-state index is -0.416. The highest BCUT2D eigenvalue weighted by Crippen LogP contribution is 2.22. The molecule has 0 bridgehead atoms. The molecule has 2 aromatic carbocycles. The Hall–Kier alpha value is -3.35. The number of carbonyl (C=O) groups is 2. The van der Waals surface area contributed by atoms with Gasteiger partial charge in [-0.3, -0.25) is 9.59 Å². The maximum atomic E-state index is 12.7. The van der Waals surface area contributed by atoms with Gasteiger partial charge in [-0.2, -0.15) is 0 Å². The number of likely N-dealkylation sites (tertiary alicyclic amines) is 1. The summed E-state index contributed by atoms with van der Waals surface area (Å²) in [5, 5.41) is 7.42. The van der Waals surface area contributed by atoms with Crippen LogP contribution >= 0.6 is 0 Å². The van der Waals surface area contributed by atoms with Crippen LogP contribution in [-0.2, 0) is 22.6 Å². The van der Waals surface area contributed by atoms with E-state index in [0.717, 1.165) is 22.9 Å². The summed E-state index contributed by atoms with van der Waals surface area (Å²) in [4.78, 5) is 27.1. The van der Waals surface area contributed by atoms with E-state index in [0.29, 0.717) is 37.3 Å². The number of amides is 2. The molecule has 1 atom stereocenters. The van der Waals surface area contributed by atoms with Crippen molar-refractivity contribution in [1.82, 2.24) is 15.4 Å². The van der Waals surface area contributed by atoms with Gasteiger partial charge >= 0.3 is 0 Å². The van der Waals surface area contributed by atoms with Crippen LogP contribution in [0.25, 0.3) is 11.0 Å². The molecule has 1 saturated heterocycles. The van der Waals surface area contributed by atoms with Crippen molar-refractivity contribution in [2.45, 2.75) is 31.8 Å². The molecular weight excluding hydrogens is 356 g/mol. The Morgan fingerprint density at radius 1 is 1.18 bits per heavy atom. The minimum Gasteiger partial charge on any atom is -0.380 e. The van der Waals surface area contributed by atoms with Gasteiger partial charge in [-0.15, -0.1) is 0 Å². The lowest BCUT2D eigenvalue weighted by Gasteiger charge is -2.24. The van der Waals surface area contributed by atoms with Crippen molar-refractivity contribution in [1.29, 1.82) is 0 Å². The van der Waals surface area contributed by atoms with Crippen LogP contribution in [-0.4, -0.2) is 34.5 Å². The molecule has 7 nitrogen and oxygen atoms in total. The molecule has 1 fully saturated rings. The Kier molecular flexibility index (Phi) is 4.97. The lowest BCUT2D eigenvalue weighted by atomic mass is 10.1. The van der Waals surface area contributed by atoms with Crippen molar-refractivity contribution in [3.63, 3.8) is 0 Å². The molecule has 7 heteroatoms. The zero-order valence-electron chi connectivity index (χ0n) is 15.4. The van der Waals surface area contributed by atoms with E-state index in [1.54, 1.807) is 4.90 Å². The van der Waals surface area contributed by atoms with Crippen LogP contribution in [0.3, 0.4) is 0 Å². The van der Waals surface area contributed by atoms with Gasteiger partial charge in [0.25, 0.3) is 0 Å². The fourth-order valence-electron chi connectivity index (χ4n) is 3.63. The first-order valence-corrected chi connectivity index (χ1v) is 9.37. The number of nitrogens with two attached hydrogens (primary N) is 1. The van der Waals surface area contributed by atoms with Crippen molar-refractivity contribution in [3.8, 4) is 0 Å². The highest BCUT2D eigenvalue weighted by molar-refractivity contribution is 5.89. The second-order valence-electron chi connectivity index (χ2n) is 7.02. The molecule has 3 N–H and O–H groups in total. The van der Waals surface area contributed by atoms with Gasteiger partial charge in [-0.25, -0.2) is 0 Å². The molecule has 28 heavy (non-hydrogen) atoms. The number of hydrogen-bond donors (Lipinski definition) is 2. The van der Waals surface area contributed by atoms with Crippen molar-refractivity contribution in [2.24, 2.45) is 0 Å². The quantitative estimate of drug-likeness (QED) is 0.709. The summed E-state index contributed by atoms with van der Waals surface area (Å²) in [7, 11) is 0. The summed E-state index contributed by atoms with van der Waals surface area (Å²) >= 11 is 0. The Labute approximate surface area is 162 Å². The molecule has 1 aromatic heterocycles. The molecule has 144 valence electrons. The second-order valence-corrected chi connectivity index (χ2v) is 7.02. The molecule has 2 heterocycles. The third-order valence-electron chi connectivity index (χ3n) is 5.11. The highest BCUT2D eigenvalue weighted by Gasteiger charge is 2.33. The van der Waals surface area contributed by atoms with Gasteiger partial charge in [0, 0.05) is 13.1 Å². The Morgan fingerprint density at radius 2 is 2.00 bits per heavy atom. The van der Waals surface area contributed by atoms with E-state index in [2.05, 4.69) is 10.5 Å². The predicted octanol–water partition coefficient (Wildman–Crippen LogP) is 2.26. The Bertz CT molecular complexity index is 999. The predicted molar refractivity (Wildman–Crippen MR) is 105 cm³/mol. The van der Waals surface area contributed by atoms with E-state index in [-0.39, 0.29) is 11.8 Å². The molecule has 2 amide bonds. The lowest BCUT2D eigenvalue weighted by Crippen LogP contribution is -2.46. The van der Waals surface area contributed by atoms with Gasteiger partial charge in [0.1, 0.15) is 6.04 Å². The van der Waals surface area contributed by atoms with Crippen molar-refractivity contribution < 1.29 is 14.1 Å². The van der Waals surface area contributed by atoms with Gasteiger partial charge in [0.15, 0.2) is 11.4 Å². The number of fused-ring (bicyclic) bond motifs is 1. The van der Waals surface area contributed by atoms with E-state index in [4.69, 9.17) is 10.3 Å². The average molecular weight is 378 g/mol. The van der Waals surface area contributed by atoms with Gasteiger partial charge in [-0.1, -0.05) is 41.6 Å². The summed E-state index contributed by atoms with van der Waals surface area (Å²) in [6.07, 6.45) is 1.83. The van der Waals surface area contributed by atoms with E-state index >= 15 is 0 Å². The summed E-state index contributed by atoms with van der Waals surface area (Å²) in [6.45, 7) is 0.972. The van der Waals surface area contributed by atoms with Crippen molar-refractivity contribution in [2.75, 3.05) is 12.3 Å². The van der Waals surface area contributed by atoms with Gasteiger partial charge < -0.3 is 20.5 Å². The van der Waals surface area contributed by atoms with Crippen molar-refractivity contribution >= 4 is 28.6 Å². The first-order chi connectivity index (χ1) is 13.6. The fourth-order valence-corrected chi connectivity index (χ4v) is 3.63. The average Bonchev–Trinajstić information content (AvgIpc) is 3.34. The van der Waals surface area contributed by atoms with Gasteiger partial charge in [-0.05, 0) is 36.1 Å². The van der Waals surface area contributed by atoms with Crippen LogP contribution in [0.1, 0.15) is 24.0 Å². The van der Waals surface area contributed by atoms with E-state index in [1.807, 2.05) is 48.5 Å². The molecular formula is C21H22N4O3. The van der Waals surface area contributed by atoms with Crippen LogP contribution in [0.2, 0.25) is 0 Å². The maximum absolute atomic E-state index is 12.7. The van der Waals surface area contributed by atoms with Crippen LogP contribution < -0.4 is 11.1 Å². The number of aromatic nitrogens is 1. The lowest BCUT2D eigenvalue weighted by molar-refractivity contribution is -0.138. The normalized spacial score (nSPS) is 16.4. The standard InChI is InChI=1S/C21H22N4O3/c22-20-16-9-8-15(11-18(16)28-24-20)13-23-21(27)17-7-4-10-25(17)19(26)12-14-5-2-1-3-6-14/h1-3,5-6,8-9,11,17H,4,7,10,12-13H2,(H2,22,24)(H,23,27)/t17-/m0/s1. The SMILES string of the molecule is Nc1noc2cc(CNC(=O)[C@@H]3CCCN3C(=O)Cc3ccccc3)ccc12. The molecule has 0 radical (unpaired) electrons. The molecule has 1 aliphatic heterocycles.